The minimum Gasteiger partial charge on any atom is -0.396 e. The number of unbranched alkanes of at least 4 members (excludes halogenated alkanes) is 3. The second-order valence-electron chi connectivity index (χ2n) is 6.89. The highest BCUT2D eigenvalue weighted by atomic mass is 35.5. The molecule has 1 aromatic heterocycles. The summed E-state index contributed by atoms with van der Waals surface area (Å²) in [6.45, 7) is 2.71. The lowest BCUT2D eigenvalue weighted by Gasteiger charge is -2.14. The standard InChI is InChI=1S/C22H29ClN4O2/c23-20-14-17(13-18(15-24)22(20)25)21(28)16-26-9-4-1-2-6-11-29-12-8-19-7-3-5-10-27-19/h3,5,7,10,13-14,21,26,28H,1-2,4,6,8-9,11-12,16,25H2/t21-/m0/s1. The van der Waals surface area contributed by atoms with Gasteiger partial charge in [-0.25, -0.2) is 0 Å². The van der Waals surface area contributed by atoms with Gasteiger partial charge in [-0.3, -0.25) is 4.98 Å². The summed E-state index contributed by atoms with van der Waals surface area (Å²) in [6, 6.07) is 11.1. The Balaban J connectivity index is 1.49. The minimum atomic E-state index is -0.729. The van der Waals surface area contributed by atoms with Crippen molar-refractivity contribution in [2.24, 2.45) is 0 Å². The molecule has 0 radical (unpaired) electrons. The van der Waals surface area contributed by atoms with E-state index in [-0.39, 0.29) is 11.3 Å². The number of aliphatic hydroxyl groups is 1. The zero-order valence-corrected chi connectivity index (χ0v) is 17.4. The van der Waals surface area contributed by atoms with Crippen molar-refractivity contribution in [2.45, 2.75) is 38.2 Å². The molecule has 0 amide bonds. The highest BCUT2D eigenvalue weighted by molar-refractivity contribution is 6.33. The Morgan fingerprint density at radius 2 is 2.03 bits per heavy atom. The number of nitrogens with zero attached hydrogens (tertiary/aromatic N) is 2. The third kappa shape index (κ3) is 8.38. The zero-order valence-electron chi connectivity index (χ0n) is 16.6. The first-order valence-corrected chi connectivity index (χ1v) is 10.3. The fourth-order valence-electron chi connectivity index (χ4n) is 2.91. The van der Waals surface area contributed by atoms with Gasteiger partial charge in [0.1, 0.15) is 6.07 Å². The second kappa shape index (κ2) is 13.1. The molecule has 0 bridgehead atoms. The Bertz CT molecular complexity index is 780. The molecule has 1 heterocycles. The van der Waals surface area contributed by atoms with Gasteiger partial charge >= 0.3 is 0 Å². The summed E-state index contributed by atoms with van der Waals surface area (Å²) in [7, 11) is 0. The maximum Gasteiger partial charge on any atom is 0.101 e. The molecule has 0 aliphatic rings. The molecule has 2 aromatic rings. The van der Waals surface area contributed by atoms with Crippen molar-refractivity contribution >= 4 is 17.3 Å². The van der Waals surface area contributed by atoms with Crippen molar-refractivity contribution in [3.63, 3.8) is 0 Å². The fourth-order valence-corrected chi connectivity index (χ4v) is 3.14. The second-order valence-corrected chi connectivity index (χ2v) is 7.30. The van der Waals surface area contributed by atoms with Gasteiger partial charge < -0.3 is 20.9 Å². The molecule has 156 valence electrons. The van der Waals surface area contributed by atoms with Gasteiger partial charge in [0.15, 0.2) is 0 Å². The first-order valence-electron chi connectivity index (χ1n) is 9.97. The number of benzene rings is 1. The summed E-state index contributed by atoms with van der Waals surface area (Å²) in [5.74, 6) is 0. The quantitative estimate of drug-likeness (QED) is 0.340. The molecule has 0 saturated carbocycles. The predicted molar refractivity (Wildman–Crippen MR) is 116 cm³/mol. The van der Waals surface area contributed by atoms with Crippen molar-refractivity contribution < 1.29 is 9.84 Å². The number of nitrogen functional groups attached to an aromatic ring is 1. The Morgan fingerprint density at radius 3 is 2.79 bits per heavy atom. The van der Waals surface area contributed by atoms with Crippen LogP contribution in [0.3, 0.4) is 0 Å². The van der Waals surface area contributed by atoms with Crippen LogP contribution in [0.4, 0.5) is 5.69 Å². The third-order valence-electron chi connectivity index (χ3n) is 4.62. The van der Waals surface area contributed by atoms with Gasteiger partial charge in [0.2, 0.25) is 0 Å². The number of halogens is 1. The Hall–Kier alpha value is -2.17. The maximum absolute atomic E-state index is 10.3. The molecule has 0 fully saturated rings. The van der Waals surface area contributed by atoms with Gasteiger partial charge in [0.05, 0.1) is 29.0 Å². The number of nitrogens with two attached hydrogens (primary N) is 1. The highest BCUT2D eigenvalue weighted by Crippen LogP contribution is 2.27. The predicted octanol–water partition coefficient (Wildman–Crippen LogP) is 3.63. The molecule has 0 unspecified atom stereocenters. The number of hydrogen-bond donors (Lipinski definition) is 3. The van der Waals surface area contributed by atoms with E-state index in [1.807, 2.05) is 24.3 Å². The van der Waals surface area contributed by atoms with Gasteiger partial charge in [-0.2, -0.15) is 5.26 Å². The lowest BCUT2D eigenvalue weighted by Crippen LogP contribution is -2.22. The lowest BCUT2D eigenvalue weighted by molar-refractivity contribution is 0.132. The van der Waals surface area contributed by atoms with Crippen molar-refractivity contribution in [3.8, 4) is 6.07 Å². The van der Waals surface area contributed by atoms with Gasteiger partial charge in [0.25, 0.3) is 0 Å². The summed E-state index contributed by atoms with van der Waals surface area (Å²) >= 11 is 6.02. The molecular formula is C22H29ClN4O2. The van der Waals surface area contributed by atoms with E-state index in [9.17, 15) is 5.11 Å². The van der Waals surface area contributed by atoms with E-state index in [0.717, 1.165) is 50.9 Å². The molecule has 1 aromatic carbocycles. The first kappa shape index (κ1) is 23.1. The molecule has 0 saturated heterocycles. The summed E-state index contributed by atoms with van der Waals surface area (Å²) in [5, 5.41) is 22.9. The molecule has 29 heavy (non-hydrogen) atoms. The third-order valence-corrected chi connectivity index (χ3v) is 4.93. The first-order chi connectivity index (χ1) is 14.1. The number of hydrogen-bond acceptors (Lipinski definition) is 6. The van der Waals surface area contributed by atoms with Gasteiger partial charge in [-0.1, -0.05) is 30.5 Å². The molecule has 2 rings (SSSR count). The van der Waals surface area contributed by atoms with Gasteiger partial charge in [-0.15, -0.1) is 0 Å². The summed E-state index contributed by atoms with van der Waals surface area (Å²) in [5.41, 5.74) is 7.92. The number of anilines is 1. The van der Waals surface area contributed by atoms with E-state index in [4.69, 9.17) is 27.3 Å². The van der Waals surface area contributed by atoms with Crippen molar-refractivity contribution in [2.75, 3.05) is 32.0 Å². The van der Waals surface area contributed by atoms with Crippen LogP contribution in [0, 0.1) is 11.3 Å². The van der Waals surface area contributed by atoms with Crippen molar-refractivity contribution in [1.82, 2.24) is 10.3 Å². The normalized spacial score (nSPS) is 11.9. The molecule has 7 heteroatoms. The monoisotopic (exact) mass is 416 g/mol. The van der Waals surface area contributed by atoms with Crippen LogP contribution in [0.25, 0.3) is 0 Å². The van der Waals surface area contributed by atoms with E-state index in [2.05, 4.69) is 10.3 Å². The van der Waals surface area contributed by atoms with E-state index in [1.165, 1.54) is 0 Å². The maximum atomic E-state index is 10.3. The van der Waals surface area contributed by atoms with E-state index < -0.39 is 6.10 Å². The largest absolute Gasteiger partial charge is 0.396 e. The molecule has 0 aliphatic carbocycles. The van der Waals surface area contributed by atoms with E-state index in [1.54, 1.807) is 18.3 Å². The van der Waals surface area contributed by atoms with Crippen LogP contribution in [0.5, 0.6) is 0 Å². The minimum absolute atomic E-state index is 0.249. The number of aromatic nitrogens is 1. The number of aliphatic hydroxyl groups excluding tert-OH is 1. The summed E-state index contributed by atoms with van der Waals surface area (Å²) in [4.78, 5) is 4.27. The van der Waals surface area contributed by atoms with Crippen LogP contribution < -0.4 is 11.1 Å². The fraction of sp³-hybridized carbons (Fsp3) is 0.455. The van der Waals surface area contributed by atoms with E-state index in [0.29, 0.717) is 23.7 Å². The number of ether oxygens (including phenoxy) is 1. The number of nitriles is 1. The summed E-state index contributed by atoms with van der Waals surface area (Å²) in [6.07, 6.45) is 6.23. The smallest absolute Gasteiger partial charge is 0.101 e. The zero-order chi connectivity index (χ0) is 20.9. The van der Waals surface area contributed by atoms with Crippen molar-refractivity contribution in [1.29, 1.82) is 5.26 Å². The molecule has 0 spiro atoms. The Kier molecular flexibility index (Phi) is 10.5. The molecule has 6 nitrogen and oxygen atoms in total. The number of pyridine rings is 1. The number of rotatable bonds is 13. The lowest BCUT2D eigenvalue weighted by atomic mass is 10.0. The SMILES string of the molecule is N#Cc1cc([C@@H](O)CNCCCCCCOCCc2ccccn2)cc(Cl)c1N. The van der Waals surface area contributed by atoms with Crippen molar-refractivity contribution in [3.05, 3.63) is 58.4 Å². The Morgan fingerprint density at radius 1 is 1.21 bits per heavy atom. The van der Waals surface area contributed by atoms with Crippen LogP contribution in [0.15, 0.2) is 36.5 Å². The van der Waals surface area contributed by atoms with Gasteiger partial charge in [0, 0.05) is 31.5 Å². The van der Waals surface area contributed by atoms with Crippen LogP contribution in [0.1, 0.15) is 48.6 Å². The van der Waals surface area contributed by atoms with Crippen LogP contribution in [0.2, 0.25) is 5.02 Å². The highest BCUT2D eigenvalue weighted by Gasteiger charge is 2.12. The van der Waals surface area contributed by atoms with Crippen LogP contribution in [-0.2, 0) is 11.2 Å². The average Bonchev–Trinajstić information content (AvgIpc) is 2.74. The molecule has 1 atom stereocenters. The number of nitrogens with one attached hydrogen (secondary N) is 1. The Labute approximate surface area is 177 Å². The van der Waals surface area contributed by atoms with Crippen LogP contribution in [-0.4, -0.2) is 36.4 Å². The summed E-state index contributed by atoms with van der Waals surface area (Å²) < 4.78 is 5.65. The molecule has 0 aliphatic heterocycles. The average molecular weight is 417 g/mol. The van der Waals surface area contributed by atoms with E-state index >= 15 is 0 Å². The van der Waals surface area contributed by atoms with Gasteiger partial charge in [-0.05, 0) is 49.2 Å². The topological polar surface area (TPSA) is 104 Å². The molecule has 4 N–H and O–H groups in total. The van der Waals surface area contributed by atoms with Crippen LogP contribution >= 0.6 is 11.6 Å². The molecular weight excluding hydrogens is 388 g/mol.